The van der Waals surface area contributed by atoms with Crippen molar-refractivity contribution in [2.24, 2.45) is 5.73 Å². The highest BCUT2D eigenvalue weighted by atomic mass is 32.1. The van der Waals surface area contributed by atoms with Crippen LogP contribution < -0.4 is 10.5 Å². The quantitative estimate of drug-likeness (QED) is 0.863. The molecule has 0 radical (unpaired) electrons. The Kier molecular flexibility index (Phi) is 2.99. The Morgan fingerprint density at radius 3 is 2.87 bits per heavy atom. The maximum Gasteiger partial charge on any atom is 0.127 e. The third-order valence-electron chi connectivity index (χ3n) is 2.10. The van der Waals surface area contributed by atoms with Crippen molar-refractivity contribution in [1.82, 2.24) is 4.98 Å². The highest BCUT2D eigenvalue weighted by Crippen LogP contribution is 2.33. The molecule has 0 spiro atoms. The second-order valence-corrected chi connectivity index (χ2v) is 4.14. The molecular weight excluding hydrogens is 208 g/mol. The Morgan fingerprint density at radius 2 is 2.20 bits per heavy atom. The summed E-state index contributed by atoms with van der Waals surface area (Å²) in [6.07, 6.45) is 1.84. The van der Waals surface area contributed by atoms with Crippen molar-refractivity contribution in [3.05, 3.63) is 35.5 Å². The Hall–Kier alpha value is -1.39. The molecule has 1 aromatic carbocycles. The molecule has 0 unspecified atom stereocenters. The molecule has 78 valence electrons. The normalized spacial score (nSPS) is 10.3. The van der Waals surface area contributed by atoms with Gasteiger partial charge in [0.15, 0.2) is 0 Å². The van der Waals surface area contributed by atoms with Crippen molar-refractivity contribution >= 4 is 11.3 Å². The summed E-state index contributed by atoms with van der Waals surface area (Å²) in [5, 5.41) is 0.941. The van der Waals surface area contributed by atoms with Crippen molar-refractivity contribution in [2.45, 2.75) is 6.54 Å². The topological polar surface area (TPSA) is 48.1 Å². The lowest BCUT2D eigenvalue weighted by molar-refractivity contribution is 0.416. The van der Waals surface area contributed by atoms with Crippen molar-refractivity contribution in [3.63, 3.8) is 0 Å². The van der Waals surface area contributed by atoms with Crippen molar-refractivity contribution in [2.75, 3.05) is 7.11 Å². The number of rotatable bonds is 3. The van der Waals surface area contributed by atoms with Gasteiger partial charge in [0, 0.05) is 18.3 Å². The lowest BCUT2D eigenvalue weighted by atomic mass is 10.2. The fourth-order valence-corrected chi connectivity index (χ4v) is 2.20. The molecule has 0 saturated carbocycles. The molecule has 1 heterocycles. The molecule has 2 rings (SSSR count). The van der Waals surface area contributed by atoms with Crippen LogP contribution in [-0.4, -0.2) is 12.1 Å². The molecule has 0 aliphatic carbocycles. The molecule has 0 amide bonds. The van der Waals surface area contributed by atoms with Crippen molar-refractivity contribution in [3.8, 4) is 16.2 Å². The summed E-state index contributed by atoms with van der Waals surface area (Å²) in [6.45, 7) is 0.486. The number of methoxy groups -OCH3 is 1. The van der Waals surface area contributed by atoms with Gasteiger partial charge in [-0.1, -0.05) is 12.1 Å². The van der Waals surface area contributed by atoms with Crippen LogP contribution in [0.3, 0.4) is 0 Å². The molecule has 3 nitrogen and oxygen atoms in total. The van der Waals surface area contributed by atoms with E-state index >= 15 is 0 Å². The first-order valence-electron chi connectivity index (χ1n) is 4.63. The Morgan fingerprint density at radius 1 is 1.40 bits per heavy atom. The molecule has 15 heavy (non-hydrogen) atoms. The first-order valence-corrected chi connectivity index (χ1v) is 5.45. The zero-order valence-corrected chi connectivity index (χ0v) is 9.25. The maximum absolute atomic E-state index is 5.53. The molecule has 4 heteroatoms. The van der Waals surface area contributed by atoms with E-state index in [9.17, 15) is 0 Å². The number of nitrogens with two attached hydrogens (primary N) is 1. The summed E-state index contributed by atoms with van der Waals surface area (Å²) in [5.41, 5.74) is 6.60. The van der Waals surface area contributed by atoms with Gasteiger partial charge in [-0.15, -0.1) is 11.3 Å². The van der Waals surface area contributed by atoms with Crippen LogP contribution in [0, 0.1) is 0 Å². The third kappa shape index (κ3) is 2.00. The molecule has 0 bridgehead atoms. The Bertz CT molecular complexity index is 453. The Labute approximate surface area is 92.5 Å². The first kappa shape index (κ1) is 10.1. The average Bonchev–Trinajstić information content (AvgIpc) is 2.77. The van der Waals surface area contributed by atoms with E-state index in [-0.39, 0.29) is 0 Å². The van der Waals surface area contributed by atoms with E-state index in [1.165, 1.54) is 0 Å². The van der Waals surface area contributed by atoms with Gasteiger partial charge in [-0.05, 0) is 12.1 Å². The van der Waals surface area contributed by atoms with Crippen LogP contribution in [0.1, 0.15) is 5.01 Å². The van der Waals surface area contributed by atoms with E-state index in [2.05, 4.69) is 4.98 Å². The monoisotopic (exact) mass is 220 g/mol. The van der Waals surface area contributed by atoms with Crippen molar-refractivity contribution in [1.29, 1.82) is 0 Å². The zero-order valence-electron chi connectivity index (χ0n) is 8.43. The van der Waals surface area contributed by atoms with E-state index < -0.39 is 0 Å². The summed E-state index contributed by atoms with van der Waals surface area (Å²) in [6, 6.07) is 7.90. The van der Waals surface area contributed by atoms with Gasteiger partial charge in [0.05, 0.1) is 12.0 Å². The van der Waals surface area contributed by atoms with Gasteiger partial charge in [0.25, 0.3) is 0 Å². The number of hydrogen-bond donors (Lipinski definition) is 1. The van der Waals surface area contributed by atoms with E-state index in [0.29, 0.717) is 6.54 Å². The molecule has 2 N–H and O–H groups in total. The largest absolute Gasteiger partial charge is 0.496 e. The van der Waals surface area contributed by atoms with Crippen LogP contribution in [0.4, 0.5) is 0 Å². The molecule has 0 aliphatic rings. The second kappa shape index (κ2) is 4.42. The molecule has 0 atom stereocenters. The smallest absolute Gasteiger partial charge is 0.127 e. The summed E-state index contributed by atoms with van der Waals surface area (Å²) in [5.74, 6) is 0.865. The van der Waals surface area contributed by atoms with Gasteiger partial charge < -0.3 is 10.5 Å². The molecule has 1 aromatic heterocycles. The SMILES string of the molecule is COc1ccccc1-c1cnc(CN)s1. The van der Waals surface area contributed by atoms with Crippen LogP contribution in [0.25, 0.3) is 10.4 Å². The van der Waals surface area contributed by atoms with E-state index in [4.69, 9.17) is 10.5 Å². The number of hydrogen-bond acceptors (Lipinski definition) is 4. The minimum Gasteiger partial charge on any atom is -0.496 e. The van der Waals surface area contributed by atoms with Crippen LogP contribution >= 0.6 is 11.3 Å². The molecule has 0 aliphatic heterocycles. The average molecular weight is 220 g/mol. The van der Waals surface area contributed by atoms with Gasteiger partial charge >= 0.3 is 0 Å². The highest BCUT2D eigenvalue weighted by Gasteiger charge is 2.07. The number of nitrogens with zero attached hydrogens (tertiary/aromatic N) is 1. The number of aromatic nitrogens is 1. The van der Waals surface area contributed by atoms with Gasteiger partial charge in [-0.25, -0.2) is 4.98 Å². The van der Waals surface area contributed by atoms with Crippen molar-refractivity contribution < 1.29 is 4.74 Å². The van der Waals surface area contributed by atoms with E-state index in [1.807, 2.05) is 30.5 Å². The number of thiazole rings is 1. The molecule has 0 saturated heterocycles. The standard InChI is InChI=1S/C11H12N2OS/c1-14-9-5-3-2-4-8(9)10-7-13-11(6-12)15-10/h2-5,7H,6,12H2,1H3. The predicted octanol–water partition coefficient (Wildman–Crippen LogP) is 2.28. The zero-order chi connectivity index (χ0) is 10.7. The van der Waals surface area contributed by atoms with Crippen LogP contribution in [-0.2, 0) is 6.54 Å². The minimum absolute atomic E-state index is 0.486. The summed E-state index contributed by atoms with van der Waals surface area (Å²) in [4.78, 5) is 5.32. The fraction of sp³-hybridized carbons (Fsp3) is 0.182. The van der Waals surface area contributed by atoms with Crippen LogP contribution in [0.5, 0.6) is 5.75 Å². The predicted molar refractivity (Wildman–Crippen MR) is 62.0 cm³/mol. The maximum atomic E-state index is 5.53. The highest BCUT2D eigenvalue weighted by molar-refractivity contribution is 7.15. The number of benzene rings is 1. The van der Waals surface area contributed by atoms with Gasteiger partial charge in [0.1, 0.15) is 10.8 Å². The van der Waals surface area contributed by atoms with Crippen LogP contribution in [0.15, 0.2) is 30.5 Å². The summed E-state index contributed by atoms with van der Waals surface area (Å²) in [7, 11) is 1.67. The fourth-order valence-electron chi connectivity index (χ4n) is 1.38. The van der Waals surface area contributed by atoms with Gasteiger partial charge in [-0.3, -0.25) is 0 Å². The minimum atomic E-state index is 0.486. The number of para-hydroxylation sites is 1. The lowest BCUT2D eigenvalue weighted by Gasteiger charge is -2.04. The second-order valence-electron chi connectivity index (χ2n) is 3.02. The molecular formula is C11H12N2OS. The summed E-state index contributed by atoms with van der Waals surface area (Å²) < 4.78 is 5.29. The van der Waals surface area contributed by atoms with Gasteiger partial charge in [-0.2, -0.15) is 0 Å². The molecule has 2 aromatic rings. The summed E-state index contributed by atoms with van der Waals surface area (Å²) >= 11 is 1.60. The third-order valence-corrected chi connectivity index (χ3v) is 3.15. The van der Waals surface area contributed by atoms with E-state index in [1.54, 1.807) is 18.4 Å². The first-order chi connectivity index (χ1) is 7.35. The Balaban J connectivity index is 2.44. The van der Waals surface area contributed by atoms with Crippen LogP contribution in [0.2, 0.25) is 0 Å². The van der Waals surface area contributed by atoms with E-state index in [0.717, 1.165) is 21.2 Å². The molecule has 0 fully saturated rings. The number of ether oxygens (including phenoxy) is 1. The lowest BCUT2D eigenvalue weighted by Crippen LogP contribution is -1.93. The van der Waals surface area contributed by atoms with Gasteiger partial charge in [0.2, 0.25) is 0 Å².